The molecule has 0 bridgehead atoms. The first-order valence-electron chi connectivity index (χ1n) is 5.51. The molecule has 0 spiro atoms. The minimum Gasteiger partial charge on any atom is -0.377 e. The van der Waals surface area contributed by atoms with E-state index in [1.165, 1.54) is 0 Å². The molecule has 1 aromatic carbocycles. The minimum absolute atomic E-state index is 0.180. The fraction of sp³-hybridized carbons (Fsp3) is 0.231. The minimum atomic E-state index is 0.180. The molecule has 1 aromatic heterocycles. The molecule has 0 saturated heterocycles. The van der Waals surface area contributed by atoms with Crippen molar-refractivity contribution in [3.63, 3.8) is 0 Å². The predicted octanol–water partition coefficient (Wildman–Crippen LogP) is 2.65. The van der Waals surface area contributed by atoms with Gasteiger partial charge in [0.2, 0.25) is 0 Å². The monoisotopic (exact) mass is 226 g/mol. The lowest BCUT2D eigenvalue weighted by atomic mass is 10.1. The van der Waals surface area contributed by atoms with Crippen LogP contribution in [0.2, 0.25) is 0 Å². The molecule has 17 heavy (non-hydrogen) atoms. The lowest BCUT2D eigenvalue weighted by Gasteiger charge is -2.13. The van der Waals surface area contributed by atoms with Crippen LogP contribution in [-0.4, -0.2) is 10.2 Å². The summed E-state index contributed by atoms with van der Waals surface area (Å²) in [5.74, 6) is 0. The van der Waals surface area contributed by atoms with E-state index in [1.54, 1.807) is 6.20 Å². The molecule has 2 rings (SSSR count). The van der Waals surface area contributed by atoms with Gasteiger partial charge in [0.15, 0.2) is 0 Å². The zero-order chi connectivity index (χ0) is 12.1. The highest BCUT2D eigenvalue weighted by molar-refractivity contribution is 5.46. The van der Waals surface area contributed by atoms with Crippen molar-refractivity contribution < 1.29 is 0 Å². The van der Waals surface area contributed by atoms with Crippen LogP contribution in [0.25, 0.3) is 0 Å². The highest BCUT2D eigenvalue weighted by Gasteiger charge is 2.05. The quantitative estimate of drug-likeness (QED) is 0.842. The molecule has 0 fully saturated rings. The molecule has 2 aromatic rings. The fourth-order valence-electron chi connectivity index (χ4n) is 1.65. The van der Waals surface area contributed by atoms with Crippen molar-refractivity contribution in [3.05, 3.63) is 47.8 Å². The van der Waals surface area contributed by atoms with Gasteiger partial charge in [-0.1, -0.05) is 12.1 Å². The summed E-state index contributed by atoms with van der Waals surface area (Å²) >= 11 is 0. The summed E-state index contributed by atoms with van der Waals surface area (Å²) in [6.07, 6.45) is 2.19. The van der Waals surface area contributed by atoms with E-state index in [9.17, 15) is 0 Å². The Kier molecular flexibility index (Phi) is 3.41. The first-order chi connectivity index (χ1) is 8.29. The Bertz CT molecular complexity index is 493. The molecular weight excluding hydrogens is 212 g/mol. The third-order valence-electron chi connectivity index (χ3n) is 2.61. The molecular formula is C13H14N4. The number of aromatic nitrogens is 2. The van der Waals surface area contributed by atoms with Crippen LogP contribution in [0.15, 0.2) is 36.5 Å². The van der Waals surface area contributed by atoms with Crippen molar-refractivity contribution >= 4 is 5.69 Å². The SMILES string of the molecule is CC(Nc1ccc(CC#N)cc1)c1ccn[nH]1. The molecule has 4 nitrogen and oxygen atoms in total. The predicted molar refractivity (Wildman–Crippen MR) is 66.4 cm³/mol. The van der Waals surface area contributed by atoms with Crippen LogP contribution < -0.4 is 5.32 Å². The molecule has 86 valence electrons. The van der Waals surface area contributed by atoms with Gasteiger partial charge >= 0.3 is 0 Å². The molecule has 0 radical (unpaired) electrons. The Morgan fingerprint density at radius 1 is 1.35 bits per heavy atom. The molecule has 1 heterocycles. The average molecular weight is 226 g/mol. The zero-order valence-electron chi connectivity index (χ0n) is 9.64. The van der Waals surface area contributed by atoms with Crippen LogP contribution in [-0.2, 0) is 6.42 Å². The van der Waals surface area contributed by atoms with Crippen LogP contribution in [0.4, 0.5) is 5.69 Å². The Labute approximate surface area is 100 Å². The summed E-state index contributed by atoms with van der Waals surface area (Å²) < 4.78 is 0. The van der Waals surface area contributed by atoms with Gasteiger partial charge in [-0.2, -0.15) is 10.4 Å². The zero-order valence-corrected chi connectivity index (χ0v) is 9.64. The van der Waals surface area contributed by atoms with Crippen LogP contribution in [0.1, 0.15) is 24.2 Å². The van der Waals surface area contributed by atoms with Crippen LogP contribution in [0.5, 0.6) is 0 Å². The van der Waals surface area contributed by atoms with E-state index >= 15 is 0 Å². The second kappa shape index (κ2) is 5.17. The number of rotatable bonds is 4. The first-order valence-corrected chi connectivity index (χ1v) is 5.51. The highest BCUT2D eigenvalue weighted by Crippen LogP contribution is 2.17. The lowest BCUT2D eigenvalue weighted by molar-refractivity contribution is 0.825. The average Bonchev–Trinajstić information content (AvgIpc) is 2.86. The Morgan fingerprint density at radius 3 is 2.71 bits per heavy atom. The number of aromatic amines is 1. The molecule has 1 unspecified atom stereocenters. The summed E-state index contributed by atoms with van der Waals surface area (Å²) in [6, 6.07) is 12.2. The number of nitrogens with one attached hydrogen (secondary N) is 2. The second-order valence-corrected chi connectivity index (χ2v) is 3.91. The third kappa shape index (κ3) is 2.85. The highest BCUT2D eigenvalue weighted by atomic mass is 15.1. The largest absolute Gasteiger partial charge is 0.377 e. The van der Waals surface area contributed by atoms with Gasteiger partial charge in [-0.05, 0) is 30.7 Å². The summed E-state index contributed by atoms with van der Waals surface area (Å²) in [6.45, 7) is 2.07. The van der Waals surface area contributed by atoms with E-state index in [0.717, 1.165) is 16.9 Å². The number of hydrogen-bond acceptors (Lipinski definition) is 3. The van der Waals surface area contributed by atoms with E-state index in [1.807, 2.05) is 30.3 Å². The van der Waals surface area contributed by atoms with Gasteiger partial charge in [-0.25, -0.2) is 0 Å². The molecule has 0 amide bonds. The maximum Gasteiger partial charge on any atom is 0.0669 e. The van der Waals surface area contributed by atoms with E-state index in [4.69, 9.17) is 5.26 Å². The first kappa shape index (κ1) is 11.2. The molecule has 1 atom stereocenters. The topological polar surface area (TPSA) is 64.5 Å². The standard InChI is InChI=1S/C13H14N4/c1-10(13-7-9-15-17-13)16-12-4-2-11(3-5-12)6-8-14/h2-5,7,9-10,16H,6H2,1H3,(H,15,17). The smallest absolute Gasteiger partial charge is 0.0669 e. The number of hydrogen-bond donors (Lipinski definition) is 2. The molecule has 0 aliphatic carbocycles. The normalized spacial score (nSPS) is 11.8. The summed E-state index contributed by atoms with van der Waals surface area (Å²) in [5, 5.41) is 18.8. The lowest BCUT2D eigenvalue weighted by Crippen LogP contribution is -2.06. The van der Waals surface area contributed by atoms with E-state index in [-0.39, 0.29) is 6.04 Å². The summed E-state index contributed by atoms with van der Waals surface area (Å²) in [5.41, 5.74) is 3.12. The van der Waals surface area contributed by atoms with Gasteiger partial charge in [0.1, 0.15) is 0 Å². The van der Waals surface area contributed by atoms with Crippen molar-refractivity contribution in [1.29, 1.82) is 5.26 Å². The maximum absolute atomic E-state index is 8.58. The van der Waals surface area contributed by atoms with Gasteiger partial charge in [0, 0.05) is 11.9 Å². The van der Waals surface area contributed by atoms with Crippen molar-refractivity contribution in [3.8, 4) is 6.07 Å². The maximum atomic E-state index is 8.58. The van der Waals surface area contributed by atoms with Crippen molar-refractivity contribution in [2.75, 3.05) is 5.32 Å². The van der Waals surface area contributed by atoms with Crippen molar-refractivity contribution in [1.82, 2.24) is 10.2 Å². The van der Waals surface area contributed by atoms with Crippen molar-refractivity contribution in [2.45, 2.75) is 19.4 Å². The number of benzene rings is 1. The summed E-state index contributed by atoms with van der Waals surface area (Å²) in [4.78, 5) is 0. The van der Waals surface area contributed by atoms with E-state index in [0.29, 0.717) is 6.42 Å². The second-order valence-electron chi connectivity index (χ2n) is 3.91. The van der Waals surface area contributed by atoms with Crippen LogP contribution in [0.3, 0.4) is 0 Å². The molecule has 2 N–H and O–H groups in total. The number of nitrogens with zero attached hydrogens (tertiary/aromatic N) is 2. The molecule has 4 heteroatoms. The summed E-state index contributed by atoms with van der Waals surface area (Å²) in [7, 11) is 0. The Morgan fingerprint density at radius 2 is 2.12 bits per heavy atom. The van der Waals surface area contributed by atoms with Crippen LogP contribution in [0, 0.1) is 11.3 Å². The molecule has 0 saturated carbocycles. The van der Waals surface area contributed by atoms with Gasteiger partial charge < -0.3 is 5.32 Å². The molecule has 0 aliphatic heterocycles. The Hall–Kier alpha value is -2.28. The van der Waals surface area contributed by atoms with E-state index < -0.39 is 0 Å². The Balaban J connectivity index is 2.02. The molecule has 0 aliphatic rings. The van der Waals surface area contributed by atoms with Crippen molar-refractivity contribution in [2.24, 2.45) is 0 Å². The number of H-pyrrole nitrogens is 1. The number of nitriles is 1. The van der Waals surface area contributed by atoms with E-state index in [2.05, 4.69) is 28.5 Å². The van der Waals surface area contributed by atoms with Crippen LogP contribution >= 0.6 is 0 Å². The van der Waals surface area contributed by atoms with Gasteiger partial charge in [0.25, 0.3) is 0 Å². The third-order valence-corrected chi connectivity index (χ3v) is 2.61. The van der Waals surface area contributed by atoms with Gasteiger partial charge in [0.05, 0.1) is 24.2 Å². The van der Waals surface area contributed by atoms with Gasteiger partial charge in [-0.3, -0.25) is 5.10 Å². The fourth-order valence-corrected chi connectivity index (χ4v) is 1.65. The van der Waals surface area contributed by atoms with Gasteiger partial charge in [-0.15, -0.1) is 0 Å². The number of anilines is 1.